The second kappa shape index (κ2) is 7.16. The fraction of sp³-hybridized carbons (Fsp3) is 0.385. The Morgan fingerprint density at radius 2 is 1.94 bits per heavy atom. The van der Waals surface area contributed by atoms with Gasteiger partial charge in [-0.1, -0.05) is 28.1 Å². The number of carbonyl (C=O) groups excluding carboxylic acids is 1. The van der Waals surface area contributed by atoms with E-state index in [4.69, 9.17) is 4.74 Å². The zero-order valence-corrected chi connectivity index (χ0v) is 12.4. The fourth-order valence-electron chi connectivity index (χ4n) is 1.43. The lowest BCUT2D eigenvalue weighted by molar-refractivity contribution is -0.141. The molecule has 0 aliphatic rings. The number of hydrogen-bond donors (Lipinski definition) is 0. The van der Waals surface area contributed by atoms with Gasteiger partial charge in [-0.3, -0.25) is 4.79 Å². The van der Waals surface area contributed by atoms with Gasteiger partial charge in [0.15, 0.2) is 0 Å². The first-order valence-electron chi connectivity index (χ1n) is 5.69. The third-order valence-corrected chi connectivity index (χ3v) is 2.64. The molecule has 0 fully saturated rings. The van der Waals surface area contributed by atoms with Crippen LogP contribution in [0, 0.1) is 0 Å². The van der Waals surface area contributed by atoms with E-state index in [-0.39, 0.29) is 12.4 Å². The number of nitrogens with zero attached hydrogens (tertiary/aromatic N) is 2. The Bertz CT molecular complexity index is 427. The van der Waals surface area contributed by atoms with Crippen molar-refractivity contribution >= 4 is 27.6 Å². The summed E-state index contributed by atoms with van der Waals surface area (Å²) in [6.07, 6.45) is 0.174. The molecule has 0 saturated carbocycles. The van der Waals surface area contributed by atoms with Gasteiger partial charge in [-0.2, -0.15) is 5.10 Å². The van der Waals surface area contributed by atoms with E-state index in [1.807, 2.05) is 38.4 Å². The second-order valence-electron chi connectivity index (χ2n) is 3.88. The van der Waals surface area contributed by atoms with Crippen LogP contribution in [0.25, 0.3) is 0 Å². The molecule has 0 saturated heterocycles. The molecule has 1 aromatic rings. The van der Waals surface area contributed by atoms with Gasteiger partial charge in [0.1, 0.15) is 0 Å². The molecule has 5 heteroatoms. The molecule has 0 spiro atoms. The summed E-state index contributed by atoms with van der Waals surface area (Å²) in [6.45, 7) is 2.18. The highest BCUT2D eigenvalue weighted by Gasteiger charge is 2.11. The lowest BCUT2D eigenvalue weighted by atomic mass is 10.1. The topological polar surface area (TPSA) is 41.9 Å². The third-order valence-electron chi connectivity index (χ3n) is 2.12. The Kier molecular flexibility index (Phi) is 5.85. The monoisotopic (exact) mass is 312 g/mol. The molecule has 0 aromatic heterocycles. The normalized spacial score (nSPS) is 11.2. The number of hydrazone groups is 1. The summed E-state index contributed by atoms with van der Waals surface area (Å²) in [5, 5.41) is 6.01. The van der Waals surface area contributed by atoms with Gasteiger partial charge in [0.25, 0.3) is 0 Å². The van der Waals surface area contributed by atoms with Crippen molar-refractivity contribution in [3.8, 4) is 0 Å². The van der Waals surface area contributed by atoms with E-state index in [1.54, 1.807) is 11.9 Å². The summed E-state index contributed by atoms with van der Waals surface area (Å²) < 4.78 is 5.94. The molecule has 0 N–H and O–H groups in total. The fourth-order valence-corrected chi connectivity index (χ4v) is 1.69. The molecule has 1 aromatic carbocycles. The van der Waals surface area contributed by atoms with Crippen LogP contribution in [-0.4, -0.2) is 37.4 Å². The van der Waals surface area contributed by atoms with Gasteiger partial charge in [0.2, 0.25) is 0 Å². The first-order valence-corrected chi connectivity index (χ1v) is 6.48. The number of ether oxygens (including phenoxy) is 1. The van der Waals surface area contributed by atoms with Crippen molar-refractivity contribution in [2.75, 3.05) is 20.7 Å². The quantitative estimate of drug-likeness (QED) is 0.477. The number of hydrogen-bond acceptors (Lipinski definition) is 4. The van der Waals surface area contributed by atoms with Crippen LogP contribution in [0.15, 0.2) is 33.8 Å². The molecule has 0 amide bonds. The van der Waals surface area contributed by atoms with E-state index >= 15 is 0 Å². The lowest BCUT2D eigenvalue weighted by Gasteiger charge is -2.11. The van der Waals surface area contributed by atoms with E-state index < -0.39 is 0 Å². The minimum absolute atomic E-state index is 0.174. The zero-order valence-electron chi connectivity index (χ0n) is 10.8. The Balaban J connectivity index is 2.92. The van der Waals surface area contributed by atoms with Crippen molar-refractivity contribution in [1.82, 2.24) is 5.01 Å². The summed E-state index contributed by atoms with van der Waals surface area (Å²) in [6, 6.07) is 7.69. The van der Waals surface area contributed by atoms with Crippen molar-refractivity contribution in [3.63, 3.8) is 0 Å². The van der Waals surface area contributed by atoms with Gasteiger partial charge in [-0.05, 0) is 24.6 Å². The molecule has 0 aliphatic carbocycles. The van der Waals surface area contributed by atoms with Crippen LogP contribution in [-0.2, 0) is 9.53 Å². The molecule has 0 aliphatic heterocycles. The number of esters is 1. The molecule has 18 heavy (non-hydrogen) atoms. The largest absolute Gasteiger partial charge is 0.466 e. The van der Waals surface area contributed by atoms with Crippen LogP contribution in [0.2, 0.25) is 0 Å². The van der Waals surface area contributed by atoms with Crippen molar-refractivity contribution in [2.24, 2.45) is 5.10 Å². The smallest absolute Gasteiger partial charge is 0.311 e. The van der Waals surface area contributed by atoms with Crippen LogP contribution >= 0.6 is 15.9 Å². The standard InChI is InChI=1S/C13H17BrN2O2/c1-4-18-13(17)9-12(15-16(2)3)10-5-7-11(14)8-6-10/h5-8H,4,9H2,1-3H3/b15-12+. The molecule has 98 valence electrons. The average Bonchev–Trinajstić information content (AvgIpc) is 2.28. The van der Waals surface area contributed by atoms with Gasteiger partial charge in [-0.25, -0.2) is 0 Å². The molecule has 0 unspecified atom stereocenters. The molecule has 0 bridgehead atoms. The van der Waals surface area contributed by atoms with E-state index in [0.29, 0.717) is 12.3 Å². The highest BCUT2D eigenvalue weighted by Crippen LogP contribution is 2.13. The highest BCUT2D eigenvalue weighted by molar-refractivity contribution is 9.10. The average molecular weight is 313 g/mol. The van der Waals surface area contributed by atoms with Gasteiger partial charge in [0, 0.05) is 18.6 Å². The summed E-state index contributed by atoms with van der Waals surface area (Å²) in [5.74, 6) is -0.263. The SMILES string of the molecule is CCOC(=O)C/C(=N\N(C)C)c1ccc(Br)cc1. The van der Waals surface area contributed by atoms with Crippen LogP contribution in [0.1, 0.15) is 18.9 Å². The predicted molar refractivity (Wildman–Crippen MR) is 75.6 cm³/mol. The Labute approximate surface area is 116 Å². The summed E-state index contributed by atoms with van der Waals surface area (Å²) in [5.41, 5.74) is 1.62. The Hall–Kier alpha value is -1.36. The van der Waals surface area contributed by atoms with E-state index in [0.717, 1.165) is 10.0 Å². The van der Waals surface area contributed by atoms with Crippen LogP contribution < -0.4 is 0 Å². The van der Waals surface area contributed by atoms with Crippen molar-refractivity contribution < 1.29 is 9.53 Å². The molecular weight excluding hydrogens is 296 g/mol. The number of benzene rings is 1. The third kappa shape index (κ3) is 4.87. The van der Waals surface area contributed by atoms with E-state index in [1.165, 1.54) is 0 Å². The van der Waals surface area contributed by atoms with Gasteiger partial charge < -0.3 is 9.75 Å². The first-order chi connectivity index (χ1) is 8.52. The maximum Gasteiger partial charge on any atom is 0.311 e. The minimum atomic E-state index is -0.263. The lowest BCUT2D eigenvalue weighted by Crippen LogP contribution is -2.16. The van der Waals surface area contributed by atoms with Crippen LogP contribution in [0.5, 0.6) is 0 Å². The maximum atomic E-state index is 11.5. The highest BCUT2D eigenvalue weighted by atomic mass is 79.9. The maximum absolute atomic E-state index is 11.5. The Morgan fingerprint density at radius 3 is 2.44 bits per heavy atom. The van der Waals surface area contributed by atoms with E-state index in [9.17, 15) is 4.79 Å². The van der Waals surface area contributed by atoms with Gasteiger partial charge >= 0.3 is 5.97 Å². The molecule has 1 rings (SSSR count). The van der Waals surface area contributed by atoms with Crippen molar-refractivity contribution in [1.29, 1.82) is 0 Å². The van der Waals surface area contributed by atoms with Crippen molar-refractivity contribution in [3.05, 3.63) is 34.3 Å². The molecular formula is C13H17BrN2O2. The van der Waals surface area contributed by atoms with Gasteiger partial charge in [0.05, 0.1) is 18.7 Å². The van der Waals surface area contributed by atoms with Gasteiger partial charge in [-0.15, -0.1) is 0 Å². The van der Waals surface area contributed by atoms with E-state index in [2.05, 4.69) is 21.0 Å². The number of carbonyl (C=O) groups is 1. The molecule has 0 heterocycles. The zero-order chi connectivity index (χ0) is 13.5. The second-order valence-corrected chi connectivity index (χ2v) is 4.80. The molecule has 0 atom stereocenters. The van der Waals surface area contributed by atoms with Crippen molar-refractivity contribution in [2.45, 2.75) is 13.3 Å². The molecule has 4 nitrogen and oxygen atoms in total. The predicted octanol–water partition coefficient (Wildman–Crippen LogP) is 2.67. The first kappa shape index (κ1) is 14.7. The summed E-state index contributed by atoms with van der Waals surface area (Å²) >= 11 is 3.38. The number of rotatable bonds is 5. The number of halogens is 1. The minimum Gasteiger partial charge on any atom is -0.466 e. The Morgan fingerprint density at radius 1 is 1.33 bits per heavy atom. The summed E-state index contributed by atoms with van der Waals surface area (Å²) in [4.78, 5) is 11.5. The van der Waals surface area contributed by atoms with Crippen LogP contribution in [0.3, 0.4) is 0 Å². The molecule has 0 radical (unpaired) electrons. The van der Waals surface area contributed by atoms with Crippen LogP contribution in [0.4, 0.5) is 0 Å². The summed E-state index contributed by atoms with van der Waals surface area (Å²) in [7, 11) is 3.65.